The predicted octanol–water partition coefficient (Wildman–Crippen LogP) is 5.46. The molecule has 3 aromatic rings. The molecule has 4 heteroatoms. The lowest BCUT2D eigenvalue weighted by atomic mass is 9.87. The Hall–Kier alpha value is -1.94. The highest BCUT2D eigenvalue weighted by Crippen LogP contribution is 2.27. The fourth-order valence-electron chi connectivity index (χ4n) is 2.16. The predicted molar refractivity (Wildman–Crippen MR) is 91.6 cm³/mol. The molecular formula is C18H17BrN2O. The first kappa shape index (κ1) is 15.0. The Morgan fingerprint density at radius 2 is 1.23 bits per heavy atom. The number of hydrogen-bond donors (Lipinski definition) is 0. The summed E-state index contributed by atoms with van der Waals surface area (Å²) in [5, 5.41) is 8.28. The smallest absolute Gasteiger partial charge is 0.248 e. The second-order valence-electron chi connectivity index (χ2n) is 6.25. The van der Waals surface area contributed by atoms with E-state index in [4.69, 9.17) is 4.42 Å². The second kappa shape index (κ2) is 5.69. The Balaban J connectivity index is 1.89. The third-order valence-electron chi connectivity index (χ3n) is 3.51. The van der Waals surface area contributed by atoms with Crippen molar-refractivity contribution < 1.29 is 4.42 Å². The van der Waals surface area contributed by atoms with Gasteiger partial charge in [0.15, 0.2) is 0 Å². The Bertz CT molecular complexity index is 768. The van der Waals surface area contributed by atoms with Crippen molar-refractivity contribution in [3.05, 3.63) is 58.6 Å². The average Bonchev–Trinajstić information content (AvgIpc) is 2.97. The molecule has 0 fully saturated rings. The summed E-state index contributed by atoms with van der Waals surface area (Å²) >= 11 is 3.42. The van der Waals surface area contributed by atoms with Crippen molar-refractivity contribution in [2.45, 2.75) is 26.2 Å². The summed E-state index contributed by atoms with van der Waals surface area (Å²) < 4.78 is 6.81. The van der Waals surface area contributed by atoms with E-state index >= 15 is 0 Å². The van der Waals surface area contributed by atoms with Crippen LogP contribution in [0.15, 0.2) is 57.4 Å². The minimum absolute atomic E-state index is 0.135. The van der Waals surface area contributed by atoms with Crippen LogP contribution in [0.25, 0.3) is 22.9 Å². The molecule has 0 radical (unpaired) electrons. The molecule has 0 amide bonds. The molecular weight excluding hydrogens is 340 g/mol. The van der Waals surface area contributed by atoms with Gasteiger partial charge >= 0.3 is 0 Å². The van der Waals surface area contributed by atoms with Gasteiger partial charge in [0.2, 0.25) is 11.8 Å². The number of rotatable bonds is 2. The summed E-state index contributed by atoms with van der Waals surface area (Å²) in [4.78, 5) is 0. The average molecular weight is 357 g/mol. The van der Waals surface area contributed by atoms with Crippen molar-refractivity contribution in [2.75, 3.05) is 0 Å². The van der Waals surface area contributed by atoms with Gasteiger partial charge < -0.3 is 4.42 Å². The molecule has 112 valence electrons. The maximum absolute atomic E-state index is 5.78. The lowest BCUT2D eigenvalue weighted by Crippen LogP contribution is -2.10. The lowest BCUT2D eigenvalue weighted by Gasteiger charge is -2.18. The molecule has 0 unspecified atom stereocenters. The molecule has 0 saturated heterocycles. The number of hydrogen-bond acceptors (Lipinski definition) is 3. The monoisotopic (exact) mass is 356 g/mol. The molecule has 2 aromatic carbocycles. The van der Waals surface area contributed by atoms with Crippen LogP contribution < -0.4 is 0 Å². The van der Waals surface area contributed by atoms with E-state index in [0.29, 0.717) is 11.8 Å². The Kier molecular flexibility index (Phi) is 3.87. The summed E-state index contributed by atoms with van der Waals surface area (Å²) in [6.07, 6.45) is 0. The van der Waals surface area contributed by atoms with Gasteiger partial charge in [-0.15, -0.1) is 10.2 Å². The Labute approximate surface area is 138 Å². The second-order valence-corrected chi connectivity index (χ2v) is 7.16. The lowest BCUT2D eigenvalue weighted by molar-refractivity contribution is 0.582. The van der Waals surface area contributed by atoms with Crippen molar-refractivity contribution in [3.8, 4) is 22.9 Å². The summed E-state index contributed by atoms with van der Waals surface area (Å²) in [6, 6.07) is 16.1. The van der Waals surface area contributed by atoms with Gasteiger partial charge in [-0.05, 0) is 47.4 Å². The number of halogens is 1. The van der Waals surface area contributed by atoms with Crippen LogP contribution in [-0.4, -0.2) is 10.2 Å². The molecule has 3 rings (SSSR count). The van der Waals surface area contributed by atoms with Gasteiger partial charge in [0.1, 0.15) is 0 Å². The first-order valence-electron chi connectivity index (χ1n) is 7.14. The van der Waals surface area contributed by atoms with Crippen LogP contribution in [0.1, 0.15) is 26.3 Å². The topological polar surface area (TPSA) is 38.9 Å². The zero-order chi connectivity index (χ0) is 15.7. The van der Waals surface area contributed by atoms with E-state index in [1.165, 1.54) is 5.56 Å². The van der Waals surface area contributed by atoms with Crippen LogP contribution in [0.5, 0.6) is 0 Å². The third-order valence-corrected chi connectivity index (χ3v) is 4.04. The number of nitrogens with zero attached hydrogens (tertiary/aromatic N) is 2. The highest BCUT2D eigenvalue weighted by molar-refractivity contribution is 9.10. The largest absolute Gasteiger partial charge is 0.416 e. The van der Waals surface area contributed by atoms with Gasteiger partial charge in [0.25, 0.3) is 0 Å². The quantitative estimate of drug-likeness (QED) is 0.611. The Morgan fingerprint density at radius 1 is 0.773 bits per heavy atom. The maximum Gasteiger partial charge on any atom is 0.248 e. The van der Waals surface area contributed by atoms with Gasteiger partial charge in [0.05, 0.1) is 0 Å². The van der Waals surface area contributed by atoms with Crippen molar-refractivity contribution in [1.82, 2.24) is 10.2 Å². The van der Waals surface area contributed by atoms with Gasteiger partial charge in [-0.3, -0.25) is 0 Å². The minimum atomic E-state index is 0.135. The molecule has 0 aliphatic heterocycles. The Morgan fingerprint density at radius 3 is 1.68 bits per heavy atom. The van der Waals surface area contributed by atoms with Crippen LogP contribution >= 0.6 is 15.9 Å². The maximum atomic E-state index is 5.78. The minimum Gasteiger partial charge on any atom is -0.416 e. The van der Waals surface area contributed by atoms with Crippen LogP contribution in [-0.2, 0) is 5.41 Å². The fraction of sp³-hybridized carbons (Fsp3) is 0.222. The molecule has 3 nitrogen and oxygen atoms in total. The van der Waals surface area contributed by atoms with E-state index in [0.717, 1.165) is 15.6 Å². The van der Waals surface area contributed by atoms with Crippen LogP contribution in [0.4, 0.5) is 0 Å². The van der Waals surface area contributed by atoms with E-state index in [1.807, 2.05) is 36.4 Å². The molecule has 1 heterocycles. The molecule has 0 aliphatic rings. The van der Waals surface area contributed by atoms with Gasteiger partial charge in [-0.1, -0.05) is 48.8 Å². The van der Waals surface area contributed by atoms with Crippen molar-refractivity contribution in [3.63, 3.8) is 0 Å². The highest BCUT2D eigenvalue weighted by atomic mass is 79.9. The standard InChI is InChI=1S/C18H17BrN2O/c1-18(2,3)14-8-4-12(5-9-14)16-20-21-17(22-16)13-6-10-15(19)11-7-13/h4-11H,1-3H3. The van der Waals surface area contributed by atoms with Crippen LogP contribution in [0, 0.1) is 0 Å². The van der Waals surface area contributed by atoms with Crippen LogP contribution in [0.2, 0.25) is 0 Å². The van der Waals surface area contributed by atoms with Crippen molar-refractivity contribution >= 4 is 15.9 Å². The molecule has 22 heavy (non-hydrogen) atoms. The first-order chi connectivity index (χ1) is 10.4. The van der Waals surface area contributed by atoms with Crippen molar-refractivity contribution in [2.24, 2.45) is 0 Å². The van der Waals surface area contributed by atoms with E-state index in [9.17, 15) is 0 Å². The molecule has 0 atom stereocenters. The van der Waals surface area contributed by atoms with Crippen LogP contribution in [0.3, 0.4) is 0 Å². The molecule has 1 aromatic heterocycles. The summed E-state index contributed by atoms with van der Waals surface area (Å²) in [7, 11) is 0. The van der Waals surface area contributed by atoms with E-state index in [2.05, 4.69) is 59.0 Å². The van der Waals surface area contributed by atoms with Gasteiger partial charge in [-0.25, -0.2) is 0 Å². The molecule has 0 saturated carbocycles. The molecule has 0 N–H and O–H groups in total. The van der Waals surface area contributed by atoms with Crippen molar-refractivity contribution in [1.29, 1.82) is 0 Å². The first-order valence-corrected chi connectivity index (χ1v) is 7.93. The van der Waals surface area contributed by atoms with E-state index in [1.54, 1.807) is 0 Å². The zero-order valence-electron chi connectivity index (χ0n) is 12.8. The van der Waals surface area contributed by atoms with E-state index < -0.39 is 0 Å². The third kappa shape index (κ3) is 3.12. The highest BCUT2D eigenvalue weighted by Gasteiger charge is 2.15. The zero-order valence-corrected chi connectivity index (χ0v) is 14.4. The van der Waals surface area contributed by atoms with Gasteiger partial charge in [-0.2, -0.15) is 0 Å². The fourth-order valence-corrected chi connectivity index (χ4v) is 2.43. The normalized spacial score (nSPS) is 11.6. The van der Waals surface area contributed by atoms with Gasteiger partial charge in [0, 0.05) is 15.6 Å². The molecule has 0 bridgehead atoms. The molecule has 0 aliphatic carbocycles. The van der Waals surface area contributed by atoms with E-state index in [-0.39, 0.29) is 5.41 Å². The SMILES string of the molecule is CC(C)(C)c1ccc(-c2nnc(-c3ccc(Br)cc3)o2)cc1. The summed E-state index contributed by atoms with van der Waals surface area (Å²) in [5.74, 6) is 1.07. The number of aromatic nitrogens is 2. The molecule has 0 spiro atoms. The number of benzene rings is 2. The summed E-state index contributed by atoms with van der Waals surface area (Å²) in [6.45, 7) is 6.58. The summed E-state index contributed by atoms with van der Waals surface area (Å²) in [5.41, 5.74) is 3.26.